The van der Waals surface area contributed by atoms with Gasteiger partial charge in [-0.3, -0.25) is 0 Å². The van der Waals surface area contributed by atoms with Gasteiger partial charge in [0, 0.05) is 12.0 Å². The van der Waals surface area contributed by atoms with Crippen molar-refractivity contribution in [2.75, 3.05) is 13.7 Å². The lowest BCUT2D eigenvalue weighted by Gasteiger charge is -2.21. The molecule has 3 aromatic rings. The van der Waals surface area contributed by atoms with Gasteiger partial charge < -0.3 is 24.2 Å². The molecule has 0 bridgehead atoms. The van der Waals surface area contributed by atoms with Crippen LogP contribution < -0.4 is 18.9 Å². The first-order valence-corrected chi connectivity index (χ1v) is 13.2. The Balaban J connectivity index is 1.66. The van der Waals surface area contributed by atoms with Crippen LogP contribution in [0.15, 0.2) is 53.7 Å². The van der Waals surface area contributed by atoms with Gasteiger partial charge in [0.15, 0.2) is 23.9 Å². The molecule has 0 saturated heterocycles. The maximum Gasteiger partial charge on any atom is 0.387 e. The van der Waals surface area contributed by atoms with Crippen LogP contribution >= 0.6 is 35.0 Å². The van der Waals surface area contributed by atoms with Gasteiger partial charge in [-0.05, 0) is 66.4 Å². The molecule has 208 valence electrons. The van der Waals surface area contributed by atoms with Crippen molar-refractivity contribution in [1.29, 1.82) is 0 Å². The number of benzene rings is 2. The fourth-order valence-electron chi connectivity index (χ4n) is 3.62. The Morgan fingerprint density at radius 3 is 2.44 bits per heavy atom. The predicted octanol–water partition coefficient (Wildman–Crippen LogP) is 7.38. The largest absolute Gasteiger partial charge is 0.619 e. The van der Waals surface area contributed by atoms with Crippen LogP contribution in [-0.4, -0.2) is 25.6 Å². The zero-order chi connectivity index (χ0) is 28.1. The van der Waals surface area contributed by atoms with Crippen LogP contribution in [0.25, 0.3) is 0 Å². The zero-order valence-electron chi connectivity index (χ0n) is 20.4. The van der Waals surface area contributed by atoms with Crippen LogP contribution in [0.3, 0.4) is 0 Å². The summed E-state index contributed by atoms with van der Waals surface area (Å²) in [6, 6.07) is 7.83. The molecule has 1 aromatic heterocycles. The first-order valence-electron chi connectivity index (χ1n) is 11.6. The molecule has 1 atom stereocenters. The van der Waals surface area contributed by atoms with Gasteiger partial charge in [0.05, 0.1) is 18.6 Å². The third kappa shape index (κ3) is 8.00. The SMILES string of the molecule is COc1ccc(F)cc1SC(=O)O[C@@H](Cc1c(Cl)c[n+]([O-])cc1Cl)c1ccc(OC(F)F)c(OCC2CC2)c1. The number of carbonyl (C=O) groups excluding carboxylic acids is 1. The highest BCUT2D eigenvalue weighted by atomic mass is 35.5. The molecule has 1 heterocycles. The van der Waals surface area contributed by atoms with E-state index in [2.05, 4.69) is 4.74 Å². The van der Waals surface area contributed by atoms with Crippen LogP contribution in [0.2, 0.25) is 10.0 Å². The molecule has 0 unspecified atom stereocenters. The van der Waals surface area contributed by atoms with Crippen LogP contribution in [0.1, 0.15) is 30.1 Å². The van der Waals surface area contributed by atoms with Crippen molar-refractivity contribution in [3.05, 3.63) is 81.0 Å². The standard InChI is InChI=1S/C26H22Cl2F3NO6S/c1-35-21-7-5-16(29)9-24(21)39-26(33)38-22(10-17-18(27)11-32(34)12-19(17)28)15-4-6-20(37-25(30)31)23(8-15)36-13-14-2-3-14/h4-9,11-12,14,22,25H,2-3,10,13H2,1H3/t22-/m0/s1. The highest BCUT2D eigenvalue weighted by Crippen LogP contribution is 2.39. The fourth-order valence-corrected chi connectivity index (χ4v) is 4.99. The minimum Gasteiger partial charge on any atom is -0.619 e. The molecular formula is C26H22Cl2F3NO6S. The summed E-state index contributed by atoms with van der Waals surface area (Å²) in [5.41, 5.74) is 0.665. The van der Waals surface area contributed by atoms with Crippen LogP contribution in [-0.2, 0) is 11.2 Å². The topological polar surface area (TPSA) is 80.9 Å². The quantitative estimate of drug-likeness (QED) is 0.0978. The third-order valence-corrected chi connectivity index (χ3v) is 7.19. The Kier molecular flexibility index (Phi) is 9.58. The normalized spacial score (nSPS) is 13.7. The van der Waals surface area contributed by atoms with Gasteiger partial charge in [0.2, 0.25) is 0 Å². The van der Waals surface area contributed by atoms with E-state index in [1.54, 1.807) is 0 Å². The Morgan fingerprint density at radius 2 is 1.79 bits per heavy atom. The van der Waals surface area contributed by atoms with E-state index in [1.165, 1.54) is 37.4 Å². The Labute approximate surface area is 236 Å². The zero-order valence-corrected chi connectivity index (χ0v) is 22.7. The molecule has 0 spiro atoms. The summed E-state index contributed by atoms with van der Waals surface area (Å²) in [7, 11) is 1.37. The lowest BCUT2D eigenvalue weighted by atomic mass is 10.0. The van der Waals surface area contributed by atoms with E-state index < -0.39 is 23.8 Å². The molecule has 39 heavy (non-hydrogen) atoms. The van der Waals surface area contributed by atoms with Crippen molar-refractivity contribution in [3.8, 4) is 17.2 Å². The average molecular weight is 604 g/mol. The van der Waals surface area contributed by atoms with Crippen molar-refractivity contribution in [2.24, 2.45) is 5.92 Å². The summed E-state index contributed by atoms with van der Waals surface area (Å²) >= 11 is 13.1. The summed E-state index contributed by atoms with van der Waals surface area (Å²) in [4.78, 5) is 13.2. The number of ether oxygens (including phenoxy) is 4. The minimum absolute atomic E-state index is 0.0286. The molecule has 13 heteroatoms. The molecule has 0 N–H and O–H groups in total. The molecule has 0 amide bonds. The first-order chi connectivity index (χ1) is 18.6. The highest BCUT2D eigenvalue weighted by molar-refractivity contribution is 8.13. The smallest absolute Gasteiger partial charge is 0.387 e. The van der Waals surface area contributed by atoms with Crippen LogP contribution in [0, 0.1) is 16.9 Å². The second-order valence-electron chi connectivity index (χ2n) is 8.59. The van der Waals surface area contributed by atoms with E-state index in [-0.39, 0.29) is 38.6 Å². The average Bonchev–Trinajstić information content (AvgIpc) is 3.69. The Hall–Kier alpha value is -3.02. The van der Waals surface area contributed by atoms with Crippen molar-refractivity contribution >= 4 is 40.3 Å². The molecule has 7 nitrogen and oxygen atoms in total. The van der Waals surface area contributed by atoms with E-state index >= 15 is 0 Å². The van der Waals surface area contributed by atoms with E-state index in [0.29, 0.717) is 40.1 Å². The van der Waals surface area contributed by atoms with Gasteiger partial charge in [-0.2, -0.15) is 13.5 Å². The van der Waals surface area contributed by atoms with E-state index in [4.69, 9.17) is 37.4 Å². The van der Waals surface area contributed by atoms with E-state index in [9.17, 15) is 23.2 Å². The maximum absolute atomic E-state index is 13.8. The van der Waals surface area contributed by atoms with E-state index in [1.807, 2.05) is 0 Å². The predicted molar refractivity (Wildman–Crippen MR) is 138 cm³/mol. The number of nitrogens with zero attached hydrogens (tertiary/aromatic N) is 1. The van der Waals surface area contributed by atoms with Crippen molar-refractivity contribution in [1.82, 2.24) is 0 Å². The fraction of sp³-hybridized carbons (Fsp3) is 0.308. The lowest BCUT2D eigenvalue weighted by Crippen LogP contribution is -2.25. The number of hydrogen-bond donors (Lipinski definition) is 0. The maximum atomic E-state index is 13.8. The summed E-state index contributed by atoms with van der Waals surface area (Å²) < 4.78 is 61.5. The second-order valence-corrected chi connectivity index (χ2v) is 10.4. The second kappa shape index (κ2) is 12.9. The van der Waals surface area contributed by atoms with Gasteiger partial charge >= 0.3 is 11.9 Å². The number of hydrogen-bond acceptors (Lipinski definition) is 7. The Morgan fingerprint density at radius 1 is 1.10 bits per heavy atom. The van der Waals surface area contributed by atoms with Crippen molar-refractivity contribution in [3.63, 3.8) is 0 Å². The molecule has 1 saturated carbocycles. The lowest BCUT2D eigenvalue weighted by molar-refractivity contribution is -0.605. The van der Waals surface area contributed by atoms with E-state index in [0.717, 1.165) is 31.3 Å². The monoisotopic (exact) mass is 603 g/mol. The van der Waals surface area contributed by atoms with Gasteiger partial charge in [0.1, 0.15) is 27.7 Å². The number of carbonyl (C=O) groups is 1. The van der Waals surface area contributed by atoms with Crippen LogP contribution in [0.4, 0.5) is 18.0 Å². The molecule has 1 aliphatic carbocycles. The van der Waals surface area contributed by atoms with Crippen LogP contribution in [0.5, 0.6) is 17.2 Å². The third-order valence-electron chi connectivity index (χ3n) is 5.73. The molecule has 1 fully saturated rings. The molecule has 1 aliphatic rings. The van der Waals surface area contributed by atoms with Crippen molar-refractivity contribution < 1.29 is 41.6 Å². The summed E-state index contributed by atoms with van der Waals surface area (Å²) in [5.74, 6) is -0.138. The van der Waals surface area contributed by atoms with Gasteiger partial charge in [0.25, 0.3) is 0 Å². The number of thioether (sulfide) groups is 1. The first kappa shape index (κ1) is 29.0. The number of rotatable bonds is 11. The summed E-state index contributed by atoms with van der Waals surface area (Å²) in [5, 5.41) is 11.0. The number of methoxy groups -OCH3 is 1. The van der Waals surface area contributed by atoms with Crippen molar-refractivity contribution in [2.45, 2.75) is 36.9 Å². The molecule has 0 aliphatic heterocycles. The number of aromatic nitrogens is 1. The molecule has 0 radical (unpaired) electrons. The number of pyridine rings is 1. The number of alkyl halides is 2. The molecule has 4 rings (SSSR count). The van der Waals surface area contributed by atoms with Gasteiger partial charge in [-0.25, -0.2) is 9.18 Å². The number of halogens is 5. The Bertz CT molecular complexity index is 1320. The minimum atomic E-state index is -3.08. The van der Waals surface area contributed by atoms with Gasteiger partial charge in [-0.1, -0.05) is 29.3 Å². The molecule has 2 aromatic carbocycles. The molecular weight excluding hydrogens is 582 g/mol. The summed E-state index contributed by atoms with van der Waals surface area (Å²) in [6.45, 7) is -2.77. The summed E-state index contributed by atoms with van der Waals surface area (Å²) in [6.07, 6.45) is 2.98. The highest BCUT2D eigenvalue weighted by Gasteiger charge is 2.27. The van der Waals surface area contributed by atoms with Gasteiger partial charge in [-0.15, -0.1) is 0 Å².